The average Bonchev–Trinajstić information content (AvgIpc) is 1.98. The maximum atomic E-state index is 10.4. The van der Waals surface area contributed by atoms with E-state index in [1.165, 1.54) is 0 Å². The summed E-state index contributed by atoms with van der Waals surface area (Å²) >= 11 is 0. The van der Waals surface area contributed by atoms with Gasteiger partial charge in [0, 0.05) is 13.1 Å². The molecule has 0 bridgehead atoms. The van der Waals surface area contributed by atoms with Gasteiger partial charge in [-0.05, 0) is 6.42 Å². The number of nitrogens with one attached hydrogen (secondary N) is 2. The van der Waals surface area contributed by atoms with Crippen molar-refractivity contribution in [1.29, 1.82) is 0 Å². The zero-order valence-corrected chi connectivity index (χ0v) is 5.76. The third-order valence-electron chi connectivity index (χ3n) is 0.964. The van der Waals surface area contributed by atoms with Crippen LogP contribution >= 0.6 is 0 Å². The summed E-state index contributed by atoms with van der Waals surface area (Å²) in [6.45, 7) is 0.755. The fourth-order valence-electron chi connectivity index (χ4n) is 0.474. The van der Waals surface area contributed by atoms with Crippen molar-refractivity contribution in [3.8, 4) is 0 Å². The molecule has 5 nitrogen and oxygen atoms in total. The summed E-state index contributed by atoms with van der Waals surface area (Å²) in [5, 5.41) is 10.7. The lowest BCUT2D eigenvalue weighted by atomic mass is 10.4. The van der Waals surface area contributed by atoms with E-state index in [1.807, 2.05) is 0 Å². The molecule has 60 valence electrons. The highest BCUT2D eigenvalue weighted by molar-refractivity contribution is 5.76. The average molecular weight is 147 g/mol. The van der Waals surface area contributed by atoms with Crippen molar-refractivity contribution in [3.05, 3.63) is 0 Å². The van der Waals surface area contributed by atoms with E-state index in [0.717, 1.165) is 6.42 Å². The second-order valence-electron chi connectivity index (χ2n) is 1.82. The first-order valence-corrected chi connectivity index (χ1v) is 3.12. The molecular formula is C5H13N3O2. The van der Waals surface area contributed by atoms with Crippen LogP contribution in [0, 0.1) is 0 Å². The smallest absolute Gasteiger partial charge is 0.245 e. The molecule has 0 atom stereocenters. The quantitative estimate of drug-likeness (QED) is 0.205. The topological polar surface area (TPSA) is 87.4 Å². The summed E-state index contributed by atoms with van der Waals surface area (Å²) in [7, 11) is 0. The van der Waals surface area contributed by atoms with Crippen molar-refractivity contribution in [3.63, 3.8) is 0 Å². The van der Waals surface area contributed by atoms with Crippen LogP contribution in [-0.2, 0) is 4.79 Å². The molecular weight excluding hydrogens is 134 g/mol. The van der Waals surface area contributed by atoms with Gasteiger partial charge in [0.05, 0.1) is 0 Å². The number of rotatable bonds is 5. The van der Waals surface area contributed by atoms with E-state index in [-0.39, 0.29) is 5.91 Å². The first-order valence-electron chi connectivity index (χ1n) is 3.12. The molecule has 1 amide bonds. The van der Waals surface area contributed by atoms with Crippen molar-refractivity contribution in [2.75, 3.05) is 19.7 Å². The molecule has 0 aromatic rings. The second-order valence-corrected chi connectivity index (χ2v) is 1.82. The maximum absolute atomic E-state index is 10.4. The van der Waals surface area contributed by atoms with Gasteiger partial charge in [0.2, 0.25) is 5.91 Å². The van der Waals surface area contributed by atoms with Crippen LogP contribution in [0.4, 0.5) is 0 Å². The molecule has 0 unspecified atom stereocenters. The summed E-state index contributed by atoms with van der Waals surface area (Å²) in [4.78, 5) is 10.4. The SMILES string of the molecule is NNCCCNC(=O)CO. The Morgan fingerprint density at radius 3 is 2.70 bits per heavy atom. The van der Waals surface area contributed by atoms with Gasteiger partial charge in [-0.2, -0.15) is 0 Å². The highest BCUT2D eigenvalue weighted by Crippen LogP contribution is 1.70. The number of aliphatic hydroxyl groups is 1. The Balaban J connectivity index is 2.96. The predicted molar refractivity (Wildman–Crippen MR) is 36.9 cm³/mol. The van der Waals surface area contributed by atoms with Gasteiger partial charge >= 0.3 is 0 Å². The predicted octanol–water partition coefficient (Wildman–Crippen LogP) is -2.05. The van der Waals surface area contributed by atoms with Crippen molar-refractivity contribution < 1.29 is 9.90 Å². The maximum Gasteiger partial charge on any atom is 0.245 e. The monoisotopic (exact) mass is 147 g/mol. The van der Waals surface area contributed by atoms with Gasteiger partial charge in [0.15, 0.2) is 0 Å². The number of hydrogen-bond acceptors (Lipinski definition) is 4. The summed E-state index contributed by atoms with van der Waals surface area (Å²) < 4.78 is 0. The summed E-state index contributed by atoms with van der Waals surface area (Å²) in [6.07, 6.45) is 0.766. The summed E-state index contributed by atoms with van der Waals surface area (Å²) in [6, 6.07) is 0. The van der Waals surface area contributed by atoms with Crippen molar-refractivity contribution in [1.82, 2.24) is 10.7 Å². The van der Waals surface area contributed by atoms with Gasteiger partial charge in [0.25, 0.3) is 0 Å². The van der Waals surface area contributed by atoms with Crippen LogP contribution in [0.5, 0.6) is 0 Å². The Kier molecular flexibility index (Phi) is 6.05. The minimum absolute atomic E-state index is 0.350. The third-order valence-corrected chi connectivity index (χ3v) is 0.964. The van der Waals surface area contributed by atoms with Crippen LogP contribution in [0.2, 0.25) is 0 Å². The Hall–Kier alpha value is -0.650. The Morgan fingerprint density at radius 2 is 2.20 bits per heavy atom. The van der Waals surface area contributed by atoms with Gasteiger partial charge in [0.1, 0.15) is 6.61 Å². The summed E-state index contributed by atoms with van der Waals surface area (Å²) in [5.41, 5.74) is 2.45. The molecule has 0 radical (unpaired) electrons. The number of aliphatic hydroxyl groups excluding tert-OH is 1. The molecule has 0 fully saturated rings. The number of hydrogen-bond donors (Lipinski definition) is 4. The fraction of sp³-hybridized carbons (Fsp3) is 0.800. The van der Waals surface area contributed by atoms with Crippen LogP contribution < -0.4 is 16.6 Å². The molecule has 5 heteroatoms. The number of amides is 1. The highest BCUT2D eigenvalue weighted by atomic mass is 16.3. The van der Waals surface area contributed by atoms with E-state index < -0.39 is 6.61 Å². The van der Waals surface area contributed by atoms with Gasteiger partial charge in [-0.25, -0.2) is 0 Å². The molecule has 0 saturated carbocycles. The van der Waals surface area contributed by atoms with Crippen LogP contribution in [0.3, 0.4) is 0 Å². The fourth-order valence-corrected chi connectivity index (χ4v) is 0.474. The lowest BCUT2D eigenvalue weighted by Crippen LogP contribution is -2.31. The first-order chi connectivity index (χ1) is 4.81. The molecule has 0 aromatic heterocycles. The van der Waals surface area contributed by atoms with E-state index in [1.54, 1.807) is 0 Å². The molecule has 0 aromatic carbocycles. The first kappa shape index (κ1) is 9.35. The van der Waals surface area contributed by atoms with Crippen LogP contribution in [0.15, 0.2) is 0 Å². The van der Waals surface area contributed by atoms with Crippen LogP contribution in [0.1, 0.15) is 6.42 Å². The minimum Gasteiger partial charge on any atom is -0.387 e. The van der Waals surface area contributed by atoms with Gasteiger partial charge in [-0.1, -0.05) is 0 Å². The highest BCUT2D eigenvalue weighted by Gasteiger charge is 1.94. The number of carbonyl (C=O) groups is 1. The Labute approximate surface area is 59.6 Å². The van der Waals surface area contributed by atoms with Crippen molar-refractivity contribution in [2.24, 2.45) is 5.84 Å². The lowest BCUT2D eigenvalue weighted by molar-refractivity contribution is -0.123. The minimum atomic E-state index is -0.448. The zero-order valence-electron chi connectivity index (χ0n) is 5.76. The van der Waals surface area contributed by atoms with E-state index in [9.17, 15) is 4.79 Å². The Morgan fingerprint density at radius 1 is 1.50 bits per heavy atom. The van der Waals surface area contributed by atoms with E-state index >= 15 is 0 Å². The molecule has 0 aliphatic carbocycles. The van der Waals surface area contributed by atoms with Crippen LogP contribution in [0.25, 0.3) is 0 Å². The van der Waals surface area contributed by atoms with E-state index in [0.29, 0.717) is 13.1 Å². The zero-order chi connectivity index (χ0) is 7.82. The van der Waals surface area contributed by atoms with Crippen molar-refractivity contribution in [2.45, 2.75) is 6.42 Å². The normalized spacial score (nSPS) is 9.40. The second kappa shape index (κ2) is 6.47. The number of nitrogens with two attached hydrogens (primary N) is 1. The largest absolute Gasteiger partial charge is 0.387 e. The lowest BCUT2D eigenvalue weighted by Gasteiger charge is -2.00. The molecule has 0 aliphatic heterocycles. The standard InChI is InChI=1S/C5H13N3O2/c6-8-3-1-2-7-5(10)4-9/h8-9H,1-4,6H2,(H,7,10). The molecule has 0 heterocycles. The third kappa shape index (κ3) is 5.49. The molecule has 10 heavy (non-hydrogen) atoms. The van der Waals surface area contributed by atoms with Crippen LogP contribution in [-0.4, -0.2) is 30.7 Å². The van der Waals surface area contributed by atoms with Gasteiger partial charge < -0.3 is 10.4 Å². The number of carbonyl (C=O) groups excluding carboxylic acids is 1. The molecule has 0 saturated heterocycles. The summed E-state index contributed by atoms with van der Waals surface area (Å²) in [5.74, 6) is 4.62. The Bertz CT molecular complexity index is 96.9. The molecule has 5 N–H and O–H groups in total. The van der Waals surface area contributed by atoms with E-state index in [2.05, 4.69) is 10.7 Å². The molecule has 0 spiro atoms. The number of hydrazine groups is 1. The van der Waals surface area contributed by atoms with Gasteiger partial charge in [-0.15, -0.1) is 0 Å². The van der Waals surface area contributed by atoms with Gasteiger partial charge in [-0.3, -0.25) is 16.1 Å². The molecule has 0 aliphatic rings. The van der Waals surface area contributed by atoms with E-state index in [4.69, 9.17) is 10.9 Å². The molecule has 0 rings (SSSR count). The van der Waals surface area contributed by atoms with Crippen molar-refractivity contribution >= 4 is 5.91 Å².